The van der Waals surface area contributed by atoms with E-state index < -0.39 is 0 Å². The minimum atomic E-state index is -0.281. The third kappa shape index (κ3) is 5.21. The molecule has 0 radical (unpaired) electrons. The molecular weight excluding hydrogens is 316 g/mol. The van der Waals surface area contributed by atoms with Gasteiger partial charge < -0.3 is 15.5 Å². The molecule has 1 fully saturated rings. The molecule has 1 heterocycles. The zero-order valence-corrected chi connectivity index (χ0v) is 16.0. The maximum atomic E-state index is 12.6. The van der Waals surface area contributed by atoms with Crippen LogP contribution in [0.15, 0.2) is 17.4 Å². The lowest BCUT2D eigenvalue weighted by molar-refractivity contribution is -0.138. The van der Waals surface area contributed by atoms with Gasteiger partial charge in [-0.05, 0) is 31.2 Å². The average molecular weight is 348 g/mol. The standard InChI is InChI=1S/C18H32N6O/c1-19-17(20-11-7-8-15-12-22-24(4)13-15)21-14-18(9-5-6-10-18)16(25)23(2)3/h12-13H,5-11,14H2,1-4H3,(H2,19,20,21). The Morgan fingerprint density at radius 2 is 2.08 bits per heavy atom. The van der Waals surface area contributed by atoms with Gasteiger partial charge in [-0.1, -0.05) is 12.8 Å². The second kappa shape index (κ2) is 8.87. The highest BCUT2D eigenvalue weighted by Crippen LogP contribution is 2.38. The number of hydrogen-bond donors (Lipinski definition) is 2. The van der Waals surface area contributed by atoms with Crippen molar-refractivity contribution in [2.75, 3.05) is 34.2 Å². The molecule has 7 heteroatoms. The van der Waals surface area contributed by atoms with E-state index in [9.17, 15) is 4.79 Å². The van der Waals surface area contributed by atoms with Crippen LogP contribution in [0, 0.1) is 5.41 Å². The molecule has 2 N–H and O–H groups in total. The lowest BCUT2D eigenvalue weighted by Crippen LogP contribution is -2.49. The molecule has 1 aliphatic rings. The minimum absolute atomic E-state index is 0.226. The molecule has 0 atom stereocenters. The predicted molar refractivity (Wildman–Crippen MR) is 100 cm³/mol. The summed E-state index contributed by atoms with van der Waals surface area (Å²) in [6.45, 7) is 1.48. The molecule has 1 aromatic rings. The van der Waals surface area contributed by atoms with Crippen molar-refractivity contribution in [3.8, 4) is 0 Å². The molecule has 1 aromatic heterocycles. The highest BCUT2D eigenvalue weighted by atomic mass is 16.2. The van der Waals surface area contributed by atoms with Crippen LogP contribution < -0.4 is 10.6 Å². The van der Waals surface area contributed by atoms with Crippen molar-refractivity contribution < 1.29 is 4.79 Å². The van der Waals surface area contributed by atoms with E-state index in [-0.39, 0.29) is 11.3 Å². The Labute approximate surface area is 150 Å². The van der Waals surface area contributed by atoms with Crippen LogP contribution in [0.2, 0.25) is 0 Å². The second-order valence-electron chi connectivity index (χ2n) is 7.17. The first-order chi connectivity index (χ1) is 12.0. The molecule has 1 aliphatic carbocycles. The highest BCUT2D eigenvalue weighted by Gasteiger charge is 2.42. The van der Waals surface area contributed by atoms with E-state index in [2.05, 4.69) is 20.7 Å². The van der Waals surface area contributed by atoms with Crippen LogP contribution in [-0.4, -0.2) is 60.8 Å². The molecular formula is C18H32N6O. The molecule has 0 bridgehead atoms. The molecule has 1 saturated carbocycles. The van der Waals surface area contributed by atoms with E-state index in [1.165, 1.54) is 5.56 Å². The minimum Gasteiger partial charge on any atom is -0.356 e. The summed E-state index contributed by atoms with van der Waals surface area (Å²) in [7, 11) is 7.38. The Morgan fingerprint density at radius 1 is 1.36 bits per heavy atom. The summed E-state index contributed by atoms with van der Waals surface area (Å²) < 4.78 is 1.83. The number of nitrogens with one attached hydrogen (secondary N) is 2. The summed E-state index contributed by atoms with van der Waals surface area (Å²) in [6, 6.07) is 0. The van der Waals surface area contributed by atoms with Crippen LogP contribution in [-0.2, 0) is 18.3 Å². The van der Waals surface area contributed by atoms with Crippen LogP contribution in [0.25, 0.3) is 0 Å². The number of hydrogen-bond acceptors (Lipinski definition) is 3. The molecule has 7 nitrogen and oxygen atoms in total. The fraction of sp³-hybridized carbons (Fsp3) is 0.722. The molecule has 0 aromatic carbocycles. The lowest BCUT2D eigenvalue weighted by atomic mass is 9.84. The summed E-state index contributed by atoms with van der Waals surface area (Å²) in [6.07, 6.45) is 10.1. The fourth-order valence-electron chi connectivity index (χ4n) is 3.57. The van der Waals surface area contributed by atoms with Gasteiger partial charge in [-0.2, -0.15) is 5.10 Å². The van der Waals surface area contributed by atoms with Crippen molar-refractivity contribution >= 4 is 11.9 Å². The van der Waals surface area contributed by atoms with Gasteiger partial charge in [0, 0.05) is 47.5 Å². The van der Waals surface area contributed by atoms with E-state index in [1.54, 1.807) is 11.9 Å². The van der Waals surface area contributed by atoms with Gasteiger partial charge in [-0.25, -0.2) is 0 Å². The van der Waals surface area contributed by atoms with E-state index >= 15 is 0 Å². The lowest BCUT2D eigenvalue weighted by Gasteiger charge is -2.31. The van der Waals surface area contributed by atoms with Gasteiger partial charge in [0.15, 0.2) is 5.96 Å². The van der Waals surface area contributed by atoms with Gasteiger partial charge in [-0.15, -0.1) is 0 Å². The molecule has 25 heavy (non-hydrogen) atoms. The summed E-state index contributed by atoms with van der Waals surface area (Å²) >= 11 is 0. The number of rotatable bonds is 7. The van der Waals surface area contributed by atoms with Gasteiger partial charge >= 0.3 is 0 Å². The number of guanidine groups is 1. The van der Waals surface area contributed by atoms with Crippen molar-refractivity contribution in [2.24, 2.45) is 17.5 Å². The number of carbonyl (C=O) groups excluding carboxylic acids is 1. The number of carbonyl (C=O) groups is 1. The first kappa shape index (κ1) is 19.3. The topological polar surface area (TPSA) is 74.5 Å². The van der Waals surface area contributed by atoms with Gasteiger partial charge in [0.25, 0.3) is 0 Å². The zero-order chi connectivity index (χ0) is 18.3. The molecule has 0 unspecified atom stereocenters. The van der Waals surface area contributed by atoms with Crippen molar-refractivity contribution in [2.45, 2.75) is 38.5 Å². The summed E-state index contributed by atoms with van der Waals surface area (Å²) in [5.41, 5.74) is 0.963. The van der Waals surface area contributed by atoms with Gasteiger partial charge in [0.05, 0.1) is 11.6 Å². The van der Waals surface area contributed by atoms with Gasteiger partial charge in [0.1, 0.15) is 0 Å². The fourth-order valence-corrected chi connectivity index (χ4v) is 3.57. The molecule has 1 amide bonds. The van der Waals surface area contributed by atoms with Crippen LogP contribution in [0.1, 0.15) is 37.7 Å². The van der Waals surface area contributed by atoms with E-state index in [4.69, 9.17) is 0 Å². The predicted octanol–water partition coefficient (Wildman–Crippen LogP) is 1.17. The van der Waals surface area contributed by atoms with Crippen LogP contribution in [0.4, 0.5) is 0 Å². The Kier molecular flexibility index (Phi) is 6.84. The molecule has 0 spiro atoms. The van der Waals surface area contributed by atoms with E-state index in [0.29, 0.717) is 6.54 Å². The largest absolute Gasteiger partial charge is 0.356 e. The van der Waals surface area contributed by atoms with Crippen LogP contribution in [0.5, 0.6) is 0 Å². The van der Waals surface area contributed by atoms with Gasteiger partial charge in [0.2, 0.25) is 5.91 Å². The maximum absolute atomic E-state index is 12.6. The van der Waals surface area contributed by atoms with E-state index in [1.807, 2.05) is 38.2 Å². The van der Waals surface area contributed by atoms with Crippen molar-refractivity contribution in [3.05, 3.63) is 18.0 Å². The number of aryl methyl sites for hydroxylation is 2. The summed E-state index contributed by atoms with van der Waals surface area (Å²) in [5.74, 6) is 0.994. The van der Waals surface area contributed by atoms with E-state index in [0.717, 1.165) is 51.0 Å². The second-order valence-corrected chi connectivity index (χ2v) is 7.17. The number of nitrogens with zero attached hydrogens (tertiary/aromatic N) is 4. The monoisotopic (exact) mass is 348 g/mol. The SMILES string of the molecule is CN=C(NCCCc1cnn(C)c1)NCC1(C(=O)N(C)C)CCCC1. The van der Waals surface area contributed by atoms with Crippen LogP contribution >= 0.6 is 0 Å². The summed E-state index contributed by atoms with van der Waals surface area (Å²) in [5, 5.41) is 10.9. The number of amides is 1. The van der Waals surface area contributed by atoms with Gasteiger partial charge in [-0.3, -0.25) is 14.5 Å². The average Bonchev–Trinajstić information content (AvgIpc) is 3.23. The quantitative estimate of drug-likeness (QED) is 0.441. The Balaban J connectivity index is 1.78. The summed E-state index contributed by atoms with van der Waals surface area (Å²) in [4.78, 5) is 18.6. The Morgan fingerprint density at radius 3 is 2.64 bits per heavy atom. The number of aliphatic imine (C=N–C) groups is 1. The number of aromatic nitrogens is 2. The third-order valence-electron chi connectivity index (χ3n) is 4.93. The van der Waals surface area contributed by atoms with Crippen molar-refractivity contribution in [3.63, 3.8) is 0 Å². The third-order valence-corrected chi connectivity index (χ3v) is 4.93. The molecule has 0 saturated heterocycles. The van der Waals surface area contributed by atoms with Crippen molar-refractivity contribution in [1.29, 1.82) is 0 Å². The maximum Gasteiger partial charge on any atom is 0.230 e. The molecule has 2 rings (SSSR count). The Hall–Kier alpha value is -2.05. The molecule has 140 valence electrons. The first-order valence-corrected chi connectivity index (χ1v) is 9.11. The normalized spacial score (nSPS) is 16.7. The zero-order valence-electron chi connectivity index (χ0n) is 16.0. The highest BCUT2D eigenvalue weighted by molar-refractivity contribution is 5.85. The molecule has 0 aliphatic heterocycles. The Bertz CT molecular complexity index is 586. The smallest absolute Gasteiger partial charge is 0.230 e. The van der Waals surface area contributed by atoms with Crippen LogP contribution in [0.3, 0.4) is 0 Å². The van der Waals surface area contributed by atoms with Crippen molar-refractivity contribution in [1.82, 2.24) is 25.3 Å². The first-order valence-electron chi connectivity index (χ1n) is 9.11.